The largest absolute Gasteiger partial charge is 0.494 e. The minimum atomic E-state index is -0.703. The zero-order valence-electron chi connectivity index (χ0n) is 12.2. The van der Waals surface area contributed by atoms with Gasteiger partial charge in [-0.25, -0.2) is 0 Å². The number of rotatable bonds is 9. The van der Waals surface area contributed by atoms with Crippen LogP contribution in [0.5, 0.6) is 5.75 Å². The predicted octanol–water partition coefficient (Wildman–Crippen LogP) is 4.89. The maximum atomic E-state index is 11.6. The Morgan fingerprint density at radius 3 is 2.65 bits per heavy atom. The molecule has 0 radical (unpaired) electrons. The van der Waals surface area contributed by atoms with Gasteiger partial charge >= 0.3 is 5.97 Å². The number of carboxylic acids is 1. The third-order valence-electron chi connectivity index (χ3n) is 3.78. The van der Waals surface area contributed by atoms with Gasteiger partial charge in [0.1, 0.15) is 5.75 Å². The molecule has 0 aliphatic carbocycles. The van der Waals surface area contributed by atoms with Crippen LogP contribution in [-0.4, -0.2) is 17.7 Å². The van der Waals surface area contributed by atoms with E-state index < -0.39 is 11.4 Å². The Bertz CT molecular complexity index is 433. The molecular weight excluding hydrogens is 320 g/mol. The molecule has 0 saturated heterocycles. The molecule has 0 spiro atoms. The highest BCUT2D eigenvalue weighted by Crippen LogP contribution is 2.33. The lowest BCUT2D eigenvalue weighted by atomic mass is 9.77. The summed E-state index contributed by atoms with van der Waals surface area (Å²) in [5.41, 5.74) is -0.651. The molecule has 1 N–H and O–H groups in total. The second kappa shape index (κ2) is 8.30. The number of carboxylic acid groups (broad SMARTS) is 1. The number of aliphatic carboxylic acids is 1. The summed E-state index contributed by atoms with van der Waals surface area (Å²) in [6, 6.07) is 7.61. The van der Waals surface area contributed by atoms with Gasteiger partial charge in [0.2, 0.25) is 0 Å². The first-order chi connectivity index (χ1) is 9.54. The van der Waals surface area contributed by atoms with Crippen molar-refractivity contribution < 1.29 is 14.6 Å². The van der Waals surface area contributed by atoms with Crippen molar-refractivity contribution in [3.63, 3.8) is 0 Å². The van der Waals surface area contributed by atoms with E-state index in [1.165, 1.54) is 0 Å². The van der Waals surface area contributed by atoms with Crippen molar-refractivity contribution in [1.82, 2.24) is 0 Å². The van der Waals surface area contributed by atoms with Crippen LogP contribution in [0, 0.1) is 5.41 Å². The first-order valence-electron chi connectivity index (χ1n) is 7.16. The molecule has 0 aliphatic heterocycles. The number of halogens is 1. The van der Waals surface area contributed by atoms with Crippen LogP contribution in [0.15, 0.2) is 28.7 Å². The Morgan fingerprint density at radius 1 is 1.35 bits per heavy atom. The average molecular weight is 343 g/mol. The fourth-order valence-corrected chi connectivity index (χ4v) is 2.66. The first-order valence-corrected chi connectivity index (χ1v) is 7.95. The summed E-state index contributed by atoms with van der Waals surface area (Å²) in [4.78, 5) is 11.6. The standard InChI is InChI=1S/C16H23BrO3/c1-3-5-9-16(4-2,15(18)19)10-11-20-14-8-6-7-13(17)12-14/h6-8,12H,3-5,9-11H2,1-2H3,(H,18,19). The molecule has 0 aromatic heterocycles. The lowest BCUT2D eigenvalue weighted by molar-refractivity contribution is -0.150. The van der Waals surface area contributed by atoms with Gasteiger partial charge in [-0.15, -0.1) is 0 Å². The molecule has 1 aromatic carbocycles. The van der Waals surface area contributed by atoms with Crippen LogP contribution in [0.25, 0.3) is 0 Å². The second-order valence-electron chi connectivity index (χ2n) is 5.10. The van der Waals surface area contributed by atoms with Crippen LogP contribution < -0.4 is 4.74 Å². The molecule has 20 heavy (non-hydrogen) atoms. The van der Waals surface area contributed by atoms with Crippen LogP contribution in [-0.2, 0) is 4.79 Å². The van der Waals surface area contributed by atoms with Crippen LogP contribution in [0.3, 0.4) is 0 Å². The maximum Gasteiger partial charge on any atom is 0.309 e. The number of ether oxygens (including phenoxy) is 1. The molecule has 1 unspecified atom stereocenters. The van der Waals surface area contributed by atoms with Gasteiger partial charge in [0.05, 0.1) is 12.0 Å². The molecule has 0 saturated carbocycles. The third-order valence-corrected chi connectivity index (χ3v) is 4.28. The monoisotopic (exact) mass is 342 g/mol. The number of carbonyl (C=O) groups is 1. The summed E-state index contributed by atoms with van der Waals surface area (Å²) < 4.78 is 6.64. The highest BCUT2D eigenvalue weighted by molar-refractivity contribution is 9.10. The van der Waals surface area contributed by atoms with Crippen LogP contribution in [0.2, 0.25) is 0 Å². The Morgan fingerprint density at radius 2 is 2.10 bits per heavy atom. The van der Waals surface area contributed by atoms with E-state index in [2.05, 4.69) is 22.9 Å². The molecule has 4 heteroatoms. The normalized spacial score (nSPS) is 13.8. The van der Waals surface area contributed by atoms with Crippen LogP contribution in [0.1, 0.15) is 46.0 Å². The van der Waals surface area contributed by atoms with Crippen molar-refractivity contribution in [3.05, 3.63) is 28.7 Å². The van der Waals surface area contributed by atoms with E-state index in [0.717, 1.165) is 29.5 Å². The number of unbranched alkanes of at least 4 members (excludes halogenated alkanes) is 1. The minimum Gasteiger partial charge on any atom is -0.494 e. The Hall–Kier alpha value is -1.03. The summed E-state index contributed by atoms with van der Waals surface area (Å²) >= 11 is 3.39. The molecule has 1 rings (SSSR count). The highest BCUT2D eigenvalue weighted by Gasteiger charge is 2.35. The molecule has 0 amide bonds. The van der Waals surface area contributed by atoms with Crippen molar-refractivity contribution in [2.45, 2.75) is 46.0 Å². The summed E-state index contributed by atoms with van der Waals surface area (Å²) in [5.74, 6) is 0.0663. The fraction of sp³-hybridized carbons (Fsp3) is 0.562. The van der Waals surface area contributed by atoms with Crippen LogP contribution in [0.4, 0.5) is 0 Å². The Labute approximate surface area is 129 Å². The van der Waals surface area contributed by atoms with Gasteiger partial charge in [0.25, 0.3) is 0 Å². The summed E-state index contributed by atoms with van der Waals surface area (Å²) in [5, 5.41) is 9.53. The fourth-order valence-electron chi connectivity index (χ4n) is 2.28. The zero-order valence-corrected chi connectivity index (χ0v) is 13.8. The number of hydrogen-bond donors (Lipinski definition) is 1. The van der Waals surface area contributed by atoms with Gasteiger partial charge in [0, 0.05) is 4.47 Å². The maximum absolute atomic E-state index is 11.6. The molecule has 1 atom stereocenters. The SMILES string of the molecule is CCCCC(CC)(CCOc1cccc(Br)c1)C(=O)O. The number of hydrogen-bond acceptors (Lipinski definition) is 2. The lowest BCUT2D eigenvalue weighted by Crippen LogP contribution is -2.32. The van der Waals surface area contributed by atoms with Gasteiger partial charge < -0.3 is 9.84 Å². The molecule has 0 heterocycles. The zero-order chi connectivity index (χ0) is 15.0. The predicted molar refractivity (Wildman–Crippen MR) is 84.1 cm³/mol. The second-order valence-corrected chi connectivity index (χ2v) is 6.01. The molecule has 0 fully saturated rings. The quantitative estimate of drug-likeness (QED) is 0.694. The van der Waals surface area contributed by atoms with Gasteiger partial charge in [-0.1, -0.05) is 48.7 Å². The molecule has 0 bridgehead atoms. The molecule has 112 valence electrons. The molecule has 1 aromatic rings. The van der Waals surface area contributed by atoms with Crippen molar-refractivity contribution in [2.75, 3.05) is 6.61 Å². The number of benzene rings is 1. The van der Waals surface area contributed by atoms with Crippen molar-refractivity contribution >= 4 is 21.9 Å². The molecule has 0 aliphatic rings. The average Bonchev–Trinajstić information content (AvgIpc) is 2.42. The molecular formula is C16H23BrO3. The van der Waals surface area contributed by atoms with Gasteiger partial charge in [-0.2, -0.15) is 0 Å². The smallest absolute Gasteiger partial charge is 0.309 e. The van der Waals surface area contributed by atoms with Gasteiger partial charge in [-0.3, -0.25) is 4.79 Å². The van der Waals surface area contributed by atoms with Gasteiger partial charge in [0.15, 0.2) is 0 Å². The Balaban J connectivity index is 2.60. The van der Waals surface area contributed by atoms with E-state index in [1.54, 1.807) is 0 Å². The van der Waals surface area contributed by atoms with E-state index in [-0.39, 0.29) is 0 Å². The van der Waals surface area contributed by atoms with E-state index in [9.17, 15) is 9.90 Å². The molecule has 3 nitrogen and oxygen atoms in total. The van der Waals surface area contributed by atoms with E-state index in [4.69, 9.17) is 4.74 Å². The first kappa shape index (κ1) is 17.0. The van der Waals surface area contributed by atoms with E-state index >= 15 is 0 Å². The summed E-state index contributed by atoms with van der Waals surface area (Å²) in [7, 11) is 0. The van der Waals surface area contributed by atoms with Crippen LogP contribution >= 0.6 is 15.9 Å². The third kappa shape index (κ3) is 4.82. The van der Waals surface area contributed by atoms with E-state index in [0.29, 0.717) is 19.4 Å². The lowest BCUT2D eigenvalue weighted by Gasteiger charge is -2.28. The summed E-state index contributed by atoms with van der Waals surface area (Å²) in [6.45, 7) is 4.46. The van der Waals surface area contributed by atoms with Crippen molar-refractivity contribution in [3.8, 4) is 5.75 Å². The van der Waals surface area contributed by atoms with Gasteiger partial charge in [-0.05, 0) is 37.5 Å². The summed E-state index contributed by atoms with van der Waals surface area (Å²) in [6.07, 6.45) is 3.87. The highest BCUT2D eigenvalue weighted by atomic mass is 79.9. The van der Waals surface area contributed by atoms with Crippen molar-refractivity contribution in [2.24, 2.45) is 5.41 Å². The Kier molecular flexibility index (Phi) is 7.06. The van der Waals surface area contributed by atoms with Crippen molar-refractivity contribution in [1.29, 1.82) is 0 Å². The minimum absolute atomic E-state index is 0.431. The van der Waals surface area contributed by atoms with E-state index in [1.807, 2.05) is 31.2 Å². The topological polar surface area (TPSA) is 46.5 Å².